The predicted octanol–water partition coefficient (Wildman–Crippen LogP) is 1.25. The van der Waals surface area contributed by atoms with Crippen molar-refractivity contribution in [3.05, 3.63) is 35.9 Å². The highest BCUT2D eigenvalue weighted by molar-refractivity contribution is 7.89. The zero-order valence-electron chi connectivity index (χ0n) is 11.7. The molecule has 0 bridgehead atoms. The van der Waals surface area contributed by atoms with Gasteiger partial charge in [-0.3, -0.25) is 0 Å². The van der Waals surface area contributed by atoms with E-state index >= 15 is 0 Å². The van der Waals surface area contributed by atoms with Crippen LogP contribution in [0.4, 0.5) is 5.69 Å². The van der Waals surface area contributed by atoms with E-state index < -0.39 is 16.0 Å². The first-order valence-corrected chi connectivity index (χ1v) is 7.22. The van der Waals surface area contributed by atoms with E-state index in [0.29, 0.717) is 5.57 Å². The van der Waals surface area contributed by atoms with Gasteiger partial charge in [0.2, 0.25) is 10.0 Å². The van der Waals surface area contributed by atoms with Crippen LogP contribution in [-0.2, 0) is 14.8 Å². The average molecular weight is 298 g/mol. The van der Waals surface area contributed by atoms with Gasteiger partial charge in [0.1, 0.15) is 0 Å². The van der Waals surface area contributed by atoms with Crippen LogP contribution in [-0.4, -0.2) is 39.4 Å². The Balaban J connectivity index is 3.40. The smallest absolute Gasteiger partial charge is 0.339 e. The first kappa shape index (κ1) is 16.2. The number of ether oxygens (including phenoxy) is 1. The van der Waals surface area contributed by atoms with Gasteiger partial charge in [-0.2, -0.15) is 4.31 Å². The lowest BCUT2D eigenvalue weighted by molar-refractivity contribution is 0.0596. The van der Waals surface area contributed by atoms with E-state index in [-0.39, 0.29) is 22.7 Å². The number of benzene rings is 1. The van der Waals surface area contributed by atoms with Crippen LogP contribution in [0.2, 0.25) is 0 Å². The zero-order valence-corrected chi connectivity index (χ0v) is 12.5. The standard InChI is InChI=1S/C13H18N2O4S/c1-9(2)8-15(3)20(17,18)12-7-10(14)5-6-11(12)13(16)19-4/h5-7H,1,8,14H2,2-4H3. The summed E-state index contributed by atoms with van der Waals surface area (Å²) in [4.78, 5) is 11.5. The maximum atomic E-state index is 12.5. The summed E-state index contributed by atoms with van der Waals surface area (Å²) in [6.45, 7) is 5.54. The first-order chi connectivity index (χ1) is 9.20. The Kier molecular flexibility index (Phi) is 4.91. The highest BCUT2D eigenvalue weighted by Gasteiger charge is 2.27. The molecule has 0 amide bonds. The van der Waals surface area contributed by atoms with Gasteiger partial charge in [-0.1, -0.05) is 12.2 Å². The summed E-state index contributed by atoms with van der Waals surface area (Å²) in [7, 11) is -1.25. The second-order valence-electron chi connectivity index (χ2n) is 4.47. The molecule has 6 nitrogen and oxygen atoms in total. The minimum Gasteiger partial charge on any atom is -0.465 e. The summed E-state index contributed by atoms with van der Waals surface area (Å²) < 4.78 is 30.7. The number of hydrogen-bond donors (Lipinski definition) is 1. The van der Waals surface area contributed by atoms with Gasteiger partial charge in [0.05, 0.1) is 17.6 Å². The van der Waals surface area contributed by atoms with Gasteiger partial charge in [0.15, 0.2) is 0 Å². The number of anilines is 1. The van der Waals surface area contributed by atoms with E-state index in [2.05, 4.69) is 11.3 Å². The van der Waals surface area contributed by atoms with Crippen LogP contribution >= 0.6 is 0 Å². The minimum absolute atomic E-state index is 0.0461. The van der Waals surface area contributed by atoms with Crippen molar-refractivity contribution in [3.63, 3.8) is 0 Å². The van der Waals surface area contributed by atoms with Gasteiger partial charge in [-0.25, -0.2) is 13.2 Å². The second kappa shape index (κ2) is 6.06. The number of carbonyl (C=O) groups excluding carboxylic acids is 1. The number of sulfonamides is 1. The highest BCUT2D eigenvalue weighted by atomic mass is 32.2. The maximum Gasteiger partial charge on any atom is 0.339 e. The zero-order chi connectivity index (χ0) is 15.5. The maximum absolute atomic E-state index is 12.5. The molecular weight excluding hydrogens is 280 g/mol. The van der Waals surface area contributed by atoms with E-state index in [9.17, 15) is 13.2 Å². The molecule has 1 aromatic rings. The number of esters is 1. The van der Waals surface area contributed by atoms with Gasteiger partial charge in [0, 0.05) is 19.3 Å². The van der Waals surface area contributed by atoms with Gasteiger partial charge < -0.3 is 10.5 Å². The molecular formula is C13H18N2O4S. The summed E-state index contributed by atoms with van der Waals surface area (Å²) in [5, 5.41) is 0. The van der Waals surface area contributed by atoms with E-state index in [4.69, 9.17) is 5.73 Å². The van der Waals surface area contributed by atoms with E-state index in [1.807, 2.05) is 0 Å². The molecule has 1 rings (SSSR count). The van der Waals surface area contributed by atoms with Crippen molar-refractivity contribution in [2.75, 3.05) is 26.4 Å². The number of likely N-dealkylation sites (N-methyl/N-ethyl adjacent to an activating group) is 1. The summed E-state index contributed by atoms with van der Waals surface area (Å²) in [6.07, 6.45) is 0. The van der Waals surface area contributed by atoms with Crippen LogP contribution in [0.25, 0.3) is 0 Å². The molecule has 20 heavy (non-hydrogen) atoms. The number of hydrogen-bond acceptors (Lipinski definition) is 5. The lowest BCUT2D eigenvalue weighted by Gasteiger charge is -2.19. The van der Waals surface area contributed by atoms with Crippen molar-refractivity contribution in [3.8, 4) is 0 Å². The fraction of sp³-hybridized carbons (Fsp3) is 0.308. The molecule has 0 unspecified atom stereocenters. The summed E-state index contributed by atoms with van der Waals surface area (Å²) >= 11 is 0. The van der Waals surface area contributed by atoms with Crippen molar-refractivity contribution >= 4 is 21.7 Å². The molecule has 0 fully saturated rings. The SMILES string of the molecule is C=C(C)CN(C)S(=O)(=O)c1cc(N)ccc1C(=O)OC. The van der Waals surface area contributed by atoms with Crippen molar-refractivity contribution in [1.29, 1.82) is 0 Å². The Morgan fingerprint density at radius 3 is 2.55 bits per heavy atom. The van der Waals surface area contributed by atoms with Crippen LogP contribution in [0.1, 0.15) is 17.3 Å². The summed E-state index contributed by atoms with van der Waals surface area (Å²) in [5.74, 6) is -0.729. The van der Waals surface area contributed by atoms with Crippen molar-refractivity contribution < 1.29 is 17.9 Å². The van der Waals surface area contributed by atoms with Crippen LogP contribution in [0.15, 0.2) is 35.2 Å². The number of nitrogens with zero attached hydrogens (tertiary/aromatic N) is 1. The lowest BCUT2D eigenvalue weighted by Crippen LogP contribution is -2.30. The fourth-order valence-electron chi connectivity index (χ4n) is 1.66. The summed E-state index contributed by atoms with van der Waals surface area (Å²) in [5.41, 5.74) is 6.50. The average Bonchev–Trinajstić information content (AvgIpc) is 2.36. The number of nitrogens with two attached hydrogens (primary N) is 1. The molecule has 0 aromatic heterocycles. The summed E-state index contributed by atoms with van der Waals surface area (Å²) in [6, 6.07) is 4.03. The largest absolute Gasteiger partial charge is 0.465 e. The number of rotatable bonds is 5. The third-order valence-electron chi connectivity index (χ3n) is 2.59. The topological polar surface area (TPSA) is 89.7 Å². The monoisotopic (exact) mass is 298 g/mol. The van der Waals surface area contributed by atoms with E-state index in [1.54, 1.807) is 6.92 Å². The molecule has 1 aromatic carbocycles. The normalized spacial score (nSPS) is 11.4. The number of nitrogen functional groups attached to an aromatic ring is 1. The van der Waals surface area contributed by atoms with Crippen molar-refractivity contribution in [2.24, 2.45) is 0 Å². The molecule has 0 aliphatic rings. The van der Waals surface area contributed by atoms with Gasteiger partial charge >= 0.3 is 5.97 Å². The second-order valence-corrected chi connectivity index (χ2v) is 6.48. The quantitative estimate of drug-likeness (QED) is 0.502. The van der Waals surface area contributed by atoms with Gasteiger partial charge in [-0.05, 0) is 25.1 Å². The Labute approximate surface area is 118 Å². The van der Waals surface area contributed by atoms with Crippen LogP contribution in [0.5, 0.6) is 0 Å². The van der Waals surface area contributed by atoms with E-state index in [0.717, 1.165) is 4.31 Å². The third kappa shape index (κ3) is 3.37. The van der Waals surface area contributed by atoms with Crippen molar-refractivity contribution in [1.82, 2.24) is 4.31 Å². The fourth-order valence-corrected chi connectivity index (χ4v) is 3.10. The molecule has 0 aliphatic heterocycles. The minimum atomic E-state index is -3.85. The molecule has 0 aliphatic carbocycles. The van der Waals surface area contributed by atoms with Crippen LogP contribution in [0.3, 0.4) is 0 Å². The molecule has 0 heterocycles. The number of methoxy groups -OCH3 is 1. The molecule has 110 valence electrons. The lowest BCUT2D eigenvalue weighted by atomic mass is 10.2. The molecule has 2 N–H and O–H groups in total. The molecule has 7 heteroatoms. The Morgan fingerprint density at radius 2 is 2.05 bits per heavy atom. The van der Waals surface area contributed by atoms with Crippen LogP contribution in [0, 0.1) is 0 Å². The van der Waals surface area contributed by atoms with Crippen LogP contribution < -0.4 is 5.73 Å². The molecule has 0 spiro atoms. The van der Waals surface area contributed by atoms with E-state index in [1.165, 1.54) is 32.4 Å². The highest BCUT2D eigenvalue weighted by Crippen LogP contribution is 2.23. The van der Waals surface area contributed by atoms with Gasteiger partial charge in [0.25, 0.3) is 0 Å². The predicted molar refractivity (Wildman–Crippen MR) is 76.8 cm³/mol. The Morgan fingerprint density at radius 1 is 1.45 bits per heavy atom. The molecule has 0 atom stereocenters. The molecule has 0 saturated heterocycles. The third-order valence-corrected chi connectivity index (χ3v) is 4.44. The Hall–Kier alpha value is -1.86. The van der Waals surface area contributed by atoms with Crippen molar-refractivity contribution in [2.45, 2.75) is 11.8 Å². The van der Waals surface area contributed by atoms with Gasteiger partial charge in [-0.15, -0.1) is 0 Å². The Bertz CT molecular complexity index is 638. The number of carbonyl (C=O) groups is 1. The molecule has 0 saturated carbocycles. The first-order valence-electron chi connectivity index (χ1n) is 5.78. The molecule has 0 radical (unpaired) electrons.